The normalized spacial score (nSPS) is 10.6. The number of benzene rings is 1. The molecule has 0 spiro atoms. The van der Waals surface area contributed by atoms with Gasteiger partial charge in [0.1, 0.15) is 5.69 Å². The molecule has 1 heterocycles. The van der Waals surface area contributed by atoms with Gasteiger partial charge in [-0.25, -0.2) is 0 Å². The van der Waals surface area contributed by atoms with E-state index in [9.17, 15) is 10.1 Å². The van der Waals surface area contributed by atoms with Crippen LogP contribution in [-0.4, -0.2) is 33.0 Å². The van der Waals surface area contributed by atoms with Gasteiger partial charge in [-0.2, -0.15) is 15.0 Å². The second-order valence-electron chi connectivity index (χ2n) is 4.91. The summed E-state index contributed by atoms with van der Waals surface area (Å²) in [5, 5.41) is 22.3. The topological polar surface area (TPSA) is 112 Å². The van der Waals surface area contributed by atoms with Crippen molar-refractivity contribution in [1.29, 1.82) is 0 Å². The van der Waals surface area contributed by atoms with Crippen molar-refractivity contribution in [3.05, 3.63) is 40.7 Å². The molecule has 1 aromatic heterocycles. The van der Waals surface area contributed by atoms with Gasteiger partial charge in [-0.15, -0.1) is 0 Å². The maximum absolute atomic E-state index is 11.2. The number of hydrogen-bond donors (Lipinski definition) is 2. The molecule has 0 aliphatic rings. The summed E-state index contributed by atoms with van der Waals surface area (Å²) in [4.78, 5) is 12.2. The van der Waals surface area contributed by atoms with Crippen LogP contribution >= 0.6 is 0 Å². The van der Waals surface area contributed by atoms with Crippen LogP contribution < -0.4 is 11.1 Å². The van der Waals surface area contributed by atoms with Crippen LogP contribution in [0.2, 0.25) is 0 Å². The Morgan fingerprint density at radius 3 is 2.59 bits per heavy atom. The standard InChI is InChI=1S/C14H20N6O2/c15-7-3-1-2-4-8-16-13-6-5-12(11-14(13)20(21)22)19-17-9-10-18-19/h5-6,9-11,16H,1-4,7-8,15H2. The summed E-state index contributed by atoms with van der Waals surface area (Å²) >= 11 is 0. The minimum absolute atomic E-state index is 0.0248. The predicted molar refractivity (Wildman–Crippen MR) is 84.0 cm³/mol. The molecule has 0 unspecified atom stereocenters. The third kappa shape index (κ3) is 4.26. The van der Waals surface area contributed by atoms with Crippen molar-refractivity contribution >= 4 is 11.4 Å². The Bertz CT molecular complexity index is 599. The zero-order chi connectivity index (χ0) is 15.8. The van der Waals surface area contributed by atoms with Gasteiger partial charge >= 0.3 is 0 Å². The molecule has 22 heavy (non-hydrogen) atoms. The lowest BCUT2D eigenvalue weighted by Gasteiger charge is -2.08. The van der Waals surface area contributed by atoms with E-state index in [2.05, 4.69) is 15.5 Å². The molecule has 0 saturated heterocycles. The van der Waals surface area contributed by atoms with Gasteiger partial charge in [0.25, 0.3) is 5.69 Å². The number of nitrogens with zero attached hydrogens (tertiary/aromatic N) is 4. The van der Waals surface area contributed by atoms with E-state index in [1.54, 1.807) is 12.1 Å². The number of aromatic nitrogens is 3. The number of nitro groups is 1. The van der Waals surface area contributed by atoms with Crippen molar-refractivity contribution < 1.29 is 4.92 Å². The van der Waals surface area contributed by atoms with Crippen LogP contribution in [0.1, 0.15) is 25.7 Å². The highest BCUT2D eigenvalue weighted by Crippen LogP contribution is 2.26. The molecule has 0 aliphatic heterocycles. The summed E-state index contributed by atoms with van der Waals surface area (Å²) in [7, 11) is 0. The Hall–Kier alpha value is -2.48. The molecule has 0 radical (unpaired) electrons. The van der Waals surface area contributed by atoms with Gasteiger partial charge < -0.3 is 11.1 Å². The number of nitro benzene ring substituents is 1. The van der Waals surface area contributed by atoms with E-state index < -0.39 is 4.92 Å². The Morgan fingerprint density at radius 1 is 1.18 bits per heavy atom. The number of unbranched alkanes of at least 4 members (excludes halogenated alkanes) is 3. The molecule has 118 valence electrons. The molecule has 0 fully saturated rings. The van der Waals surface area contributed by atoms with E-state index in [0.29, 0.717) is 24.5 Å². The third-order valence-electron chi connectivity index (χ3n) is 3.27. The molecule has 0 atom stereocenters. The van der Waals surface area contributed by atoms with E-state index >= 15 is 0 Å². The van der Waals surface area contributed by atoms with Gasteiger partial charge in [0, 0.05) is 12.6 Å². The minimum atomic E-state index is -0.399. The van der Waals surface area contributed by atoms with Gasteiger partial charge in [0.2, 0.25) is 0 Å². The van der Waals surface area contributed by atoms with E-state index in [1.807, 2.05) is 0 Å². The Balaban J connectivity index is 2.00. The molecular weight excluding hydrogens is 284 g/mol. The summed E-state index contributed by atoms with van der Waals surface area (Å²) < 4.78 is 0. The first-order valence-corrected chi connectivity index (χ1v) is 7.31. The molecule has 1 aromatic carbocycles. The number of rotatable bonds is 9. The van der Waals surface area contributed by atoms with Gasteiger partial charge in [-0.3, -0.25) is 10.1 Å². The quantitative estimate of drug-likeness (QED) is 0.417. The maximum Gasteiger partial charge on any atom is 0.294 e. The summed E-state index contributed by atoms with van der Waals surface area (Å²) in [6.07, 6.45) is 7.18. The van der Waals surface area contributed by atoms with Gasteiger partial charge in [0.05, 0.1) is 23.0 Å². The van der Waals surface area contributed by atoms with Crippen molar-refractivity contribution in [3.63, 3.8) is 0 Å². The molecule has 2 rings (SSSR count). The number of nitrogens with one attached hydrogen (secondary N) is 1. The van der Waals surface area contributed by atoms with Gasteiger partial charge in [-0.05, 0) is 31.5 Å². The fourth-order valence-electron chi connectivity index (χ4n) is 2.14. The average Bonchev–Trinajstić information content (AvgIpc) is 3.05. The molecule has 0 amide bonds. The molecule has 8 heteroatoms. The second-order valence-corrected chi connectivity index (χ2v) is 4.91. The van der Waals surface area contributed by atoms with Crippen LogP contribution in [0.25, 0.3) is 5.69 Å². The van der Waals surface area contributed by atoms with E-state index in [4.69, 9.17) is 5.73 Å². The summed E-state index contributed by atoms with van der Waals surface area (Å²) in [5.41, 5.74) is 6.54. The lowest BCUT2D eigenvalue weighted by molar-refractivity contribution is -0.383. The third-order valence-corrected chi connectivity index (χ3v) is 3.27. The van der Waals surface area contributed by atoms with E-state index in [1.165, 1.54) is 23.3 Å². The fraction of sp³-hybridized carbons (Fsp3) is 0.429. The van der Waals surface area contributed by atoms with Crippen LogP contribution in [0.15, 0.2) is 30.6 Å². The van der Waals surface area contributed by atoms with Crippen LogP contribution in [0, 0.1) is 10.1 Å². The first kappa shape index (κ1) is 15.9. The maximum atomic E-state index is 11.2. The van der Waals surface area contributed by atoms with Crippen molar-refractivity contribution in [1.82, 2.24) is 15.0 Å². The largest absolute Gasteiger partial charge is 0.379 e. The lowest BCUT2D eigenvalue weighted by Crippen LogP contribution is -2.06. The number of anilines is 1. The Morgan fingerprint density at radius 2 is 1.91 bits per heavy atom. The number of nitrogens with two attached hydrogens (primary N) is 1. The molecule has 0 aliphatic carbocycles. The van der Waals surface area contributed by atoms with Crippen molar-refractivity contribution in [3.8, 4) is 5.69 Å². The highest BCUT2D eigenvalue weighted by Gasteiger charge is 2.15. The molecule has 2 aromatic rings. The molecule has 0 bridgehead atoms. The van der Waals surface area contributed by atoms with Crippen LogP contribution in [-0.2, 0) is 0 Å². The van der Waals surface area contributed by atoms with E-state index in [-0.39, 0.29) is 5.69 Å². The van der Waals surface area contributed by atoms with Crippen molar-refractivity contribution in [2.75, 3.05) is 18.4 Å². The summed E-state index contributed by atoms with van der Waals surface area (Å²) in [6, 6.07) is 4.91. The zero-order valence-corrected chi connectivity index (χ0v) is 12.3. The summed E-state index contributed by atoms with van der Waals surface area (Å²) in [5.74, 6) is 0. The minimum Gasteiger partial charge on any atom is -0.379 e. The average molecular weight is 304 g/mol. The Kier molecular flexibility index (Phi) is 5.84. The second kappa shape index (κ2) is 8.08. The van der Waals surface area contributed by atoms with Crippen molar-refractivity contribution in [2.24, 2.45) is 5.73 Å². The highest BCUT2D eigenvalue weighted by molar-refractivity contribution is 5.64. The smallest absolute Gasteiger partial charge is 0.294 e. The molecular formula is C14H20N6O2. The van der Waals surface area contributed by atoms with Crippen molar-refractivity contribution in [2.45, 2.75) is 25.7 Å². The van der Waals surface area contributed by atoms with Crippen LogP contribution in [0.5, 0.6) is 0 Å². The SMILES string of the molecule is NCCCCCCNc1ccc(-n2nccn2)cc1[N+](=O)[O-]. The van der Waals surface area contributed by atoms with E-state index in [0.717, 1.165) is 25.7 Å². The fourth-order valence-corrected chi connectivity index (χ4v) is 2.14. The monoisotopic (exact) mass is 304 g/mol. The van der Waals surface area contributed by atoms with Crippen LogP contribution in [0.4, 0.5) is 11.4 Å². The first-order valence-electron chi connectivity index (χ1n) is 7.31. The lowest BCUT2D eigenvalue weighted by atomic mass is 10.2. The molecule has 0 saturated carbocycles. The molecule has 8 nitrogen and oxygen atoms in total. The molecule has 3 N–H and O–H groups in total. The Labute approximate surface area is 128 Å². The number of hydrogen-bond acceptors (Lipinski definition) is 6. The zero-order valence-electron chi connectivity index (χ0n) is 12.3. The van der Waals surface area contributed by atoms with Gasteiger partial charge in [0.15, 0.2) is 0 Å². The van der Waals surface area contributed by atoms with Gasteiger partial charge in [-0.1, -0.05) is 12.8 Å². The first-order chi connectivity index (χ1) is 10.7. The summed E-state index contributed by atoms with van der Waals surface area (Å²) in [6.45, 7) is 1.41. The highest BCUT2D eigenvalue weighted by atomic mass is 16.6. The predicted octanol–water partition coefficient (Wildman–Crippen LogP) is 2.11. The van der Waals surface area contributed by atoms with Crippen LogP contribution in [0.3, 0.4) is 0 Å².